The Balaban J connectivity index is 1.95. The molecule has 2 rings (SSSR count). The van der Waals surface area contributed by atoms with Crippen LogP contribution in [0.3, 0.4) is 0 Å². The van der Waals surface area contributed by atoms with E-state index in [1.54, 1.807) is 0 Å². The molecule has 1 heterocycles. The summed E-state index contributed by atoms with van der Waals surface area (Å²) in [4.78, 5) is 11.8. The zero-order valence-electron chi connectivity index (χ0n) is 13.6. The number of aryl methyl sites for hydroxylation is 1. The number of urea groups is 1. The van der Waals surface area contributed by atoms with E-state index in [2.05, 4.69) is 59.5 Å². The van der Waals surface area contributed by atoms with Gasteiger partial charge in [0, 0.05) is 24.5 Å². The van der Waals surface area contributed by atoms with Gasteiger partial charge in [0.05, 0.1) is 6.54 Å². The smallest absolute Gasteiger partial charge is 0.315 e. The van der Waals surface area contributed by atoms with E-state index in [-0.39, 0.29) is 12.1 Å². The van der Waals surface area contributed by atoms with Crippen molar-refractivity contribution in [3.8, 4) is 0 Å². The van der Waals surface area contributed by atoms with Gasteiger partial charge in [-0.3, -0.25) is 0 Å². The number of carbonyl (C=O) groups excluding carboxylic acids is 1. The Morgan fingerprint density at radius 2 is 2.00 bits per heavy atom. The minimum atomic E-state index is -0.113. The summed E-state index contributed by atoms with van der Waals surface area (Å²) in [6, 6.07) is 12.5. The van der Waals surface area contributed by atoms with Crippen LogP contribution in [0.5, 0.6) is 0 Å². The van der Waals surface area contributed by atoms with E-state index in [0.717, 1.165) is 18.7 Å². The van der Waals surface area contributed by atoms with Crippen molar-refractivity contribution < 1.29 is 4.79 Å². The van der Waals surface area contributed by atoms with E-state index < -0.39 is 0 Å². The van der Waals surface area contributed by atoms with Gasteiger partial charge < -0.3 is 15.2 Å². The summed E-state index contributed by atoms with van der Waals surface area (Å²) in [5.74, 6) is 0. The monoisotopic (exact) mass is 299 g/mol. The minimum absolute atomic E-state index is 0.113. The Kier molecular flexibility index (Phi) is 5.64. The highest BCUT2D eigenvalue weighted by atomic mass is 16.2. The van der Waals surface area contributed by atoms with Gasteiger partial charge in [-0.25, -0.2) is 4.79 Å². The van der Waals surface area contributed by atoms with Crippen LogP contribution in [0.15, 0.2) is 42.6 Å². The van der Waals surface area contributed by atoms with Gasteiger partial charge in [-0.1, -0.05) is 31.2 Å². The SMILES string of the molecule is CC[C@H](C)NC(=O)NCc1cccn1Cc1ccccc1C. The predicted octanol–water partition coefficient (Wildman–Crippen LogP) is 3.44. The summed E-state index contributed by atoms with van der Waals surface area (Å²) in [5.41, 5.74) is 3.68. The fraction of sp³-hybridized carbons (Fsp3) is 0.389. The summed E-state index contributed by atoms with van der Waals surface area (Å²) in [6.07, 6.45) is 2.98. The maximum absolute atomic E-state index is 11.8. The van der Waals surface area contributed by atoms with E-state index in [0.29, 0.717) is 6.54 Å². The van der Waals surface area contributed by atoms with Crippen LogP contribution in [-0.4, -0.2) is 16.6 Å². The summed E-state index contributed by atoms with van der Waals surface area (Å²) in [5, 5.41) is 5.83. The molecule has 1 aromatic carbocycles. The molecule has 1 atom stereocenters. The topological polar surface area (TPSA) is 46.1 Å². The minimum Gasteiger partial charge on any atom is -0.345 e. The average molecular weight is 299 g/mol. The van der Waals surface area contributed by atoms with Crippen LogP contribution in [0.25, 0.3) is 0 Å². The van der Waals surface area contributed by atoms with Gasteiger partial charge >= 0.3 is 6.03 Å². The van der Waals surface area contributed by atoms with Crippen LogP contribution in [0, 0.1) is 6.92 Å². The summed E-state index contributed by atoms with van der Waals surface area (Å²) >= 11 is 0. The number of carbonyl (C=O) groups is 1. The Bertz CT molecular complexity index is 618. The highest BCUT2D eigenvalue weighted by Crippen LogP contribution is 2.11. The van der Waals surface area contributed by atoms with Crippen LogP contribution in [-0.2, 0) is 13.1 Å². The third-order valence-corrected chi connectivity index (χ3v) is 3.95. The van der Waals surface area contributed by atoms with Crippen LogP contribution < -0.4 is 10.6 Å². The molecular formula is C18H25N3O. The number of aromatic nitrogens is 1. The molecular weight excluding hydrogens is 274 g/mol. The molecule has 0 bridgehead atoms. The summed E-state index contributed by atoms with van der Waals surface area (Å²) in [6.45, 7) is 7.53. The lowest BCUT2D eigenvalue weighted by atomic mass is 10.1. The third-order valence-electron chi connectivity index (χ3n) is 3.95. The molecule has 2 aromatic rings. The number of nitrogens with one attached hydrogen (secondary N) is 2. The molecule has 4 nitrogen and oxygen atoms in total. The molecule has 1 aromatic heterocycles. The first-order valence-corrected chi connectivity index (χ1v) is 7.83. The maximum atomic E-state index is 11.8. The first-order valence-electron chi connectivity index (χ1n) is 7.83. The molecule has 0 saturated carbocycles. The van der Waals surface area contributed by atoms with Gasteiger partial charge in [0.25, 0.3) is 0 Å². The Morgan fingerprint density at radius 3 is 2.73 bits per heavy atom. The molecule has 0 saturated heterocycles. The second-order valence-corrected chi connectivity index (χ2v) is 5.69. The number of benzene rings is 1. The molecule has 0 spiro atoms. The normalized spacial score (nSPS) is 12.0. The molecule has 0 unspecified atom stereocenters. The van der Waals surface area contributed by atoms with Crippen molar-refractivity contribution in [3.63, 3.8) is 0 Å². The molecule has 0 aliphatic carbocycles. The molecule has 0 aliphatic heterocycles. The highest BCUT2D eigenvalue weighted by Gasteiger charge is 2.07. The van der Waals surface area contributed by atoms with Gasteiger partial charge in [-0.2, -0.15) is 0 Å². The molecule has 2 amide bonds. The fourth-order valence-electron chi connectivity index (χ4n) is 2.28. The largest absolute Gasteiger partial charge is 0.345 e. The van der Waals surface area contributed by atoms with Gasteiger partial charge in [0.15, 0.2) is 0 Å². The Labute approximate surface area is 132 Å². The van der Waals surface area contributed by atoms with Crippen LogP contribution >= 0.6 is 0 Å². The van der Waals surface area contributed by atoms with E-state index in [1.165, 1.54) is 11.1 Å². The first-order chi connectivity index (χ1) is 10.6. The third kappa shape index (κ3) is 4.38. The zero-order valence-corrected chi connectivity index (χ0v) is 13.6. The lowest BCUT2D eigenvalue weighted by molar-refractivity contribution is 0.237. The van der Waals surface area contributed by atoms with E-state index in [1.807, 2.05) is 19.1 Å². The van der Waals surface area contributed by atoms with Crippen LogP contribution in [0.4, 0.5) is 4.79 Å². The number of hydrogen-bond acceptors (Lipinski definition) is 1. The van der Waals surface area contributed by atoms with Gasteiger partial charge in [0.2, 0.25) is 0 Å². The van der Waals surface area contributed by atoms with E-state index in [9.17, 15) is 4.79 Å². The predicted molar refractivity (Wildman–Crippen MR) is 89.8 cm³/mol. The van der Waals surface area contributed by atoms with E-state index >= 15 is 0 Å². The molecule has 0 aliphatic rings. The van der Waals surface area contributed by atoms with Crippen molar-refractivity contribution in [2.24, 2.45) is 0 Å². The van der Waals surface area contributed by atoms with Crippen LogP contribution in [0.1, 0.15) is 37.1 Å². The fourth-order valence-corrected chi connectivity index (χ4v) is 2.28. The van der Waals surface area contributed by atoms with Crippen molar-refractivity contribution in [2.75, 3.05) is 0 Å². The van der Waals surface area contributed by atoms with Crippen LogP contribution in [0.2, 0.25) is 0 Å². The van der Waals surface area contributed by atoms with Crippen molar-refractivity contribution in [3.05, 3.63) is 59.4 Å². The van der Waals surface area contributed by atoms with Crippen molar-refractivity contribution in [2.45, 2.75) is 46.3 Å². The van der Waals surface area contributed by atoms with Crippen molar-refractivity contribution in [1.29, 1.82) is 0 Å². The quantitative estimate of drug-likeness (QED) is 0.843. The second-order valence-electron chi connectivity index (χ2n) is 5.69. The molecule has 4 heteroatoms. The lowest BCUT2D eigenvalue weighted by Crippen LogP contribution is -2.40. The number of nitrogens with zero attached hydrogens (tertiary/aromatic N) is 1. The molecule has 118 valence electrons. The van der Waals surface area contributed by atoms with Crippen molar-refractivity contribution >= 4 is 6.03 Å². The maximum Gasteiger partial charge on any atom is 0.315 e. The lowest BCUT2D eigenvalue weighted by Gasteiger charge is -2.14. The standard InChI is InChI=1S/C18H25N3O/c1-4-15(3)20-18(22)19-12-17-10-7-11-21(17)13-16-9-6-5-8-14(16)2/h5-11,15H,4,12-13H2,1-3H3,(H2,19,20,22)/t15-/m0/s1. The summed E-state index contributed by atoms with van der Waals surface area (Å²) < 4.78 is 2.17. The first kappa shape index (κ1) is 16.1. The Hall–Kier alpha value is -2.23. The highest BCUT2D eigenvalue weighted by molar-refractivity contribution is 5.74. The van der Waals surface area contributed by atoms with Gasteiger partial charge in [-0.05, 0) is 43.5 Å². The number of rotatable bonds is 6. The summed E-state index contributed by atoms with van der Waals surface area (Å²) in [7, 11) is 0. The Morgan fingerprint density at radius 1 is 1.23 bits per heavy atom. The average Bonchev–Trinajstić information content (AvgIpc) is 2.94. The molecule has 2 N–H and O–H groups in total. The molecule has 0 fully saturated rings. The van der Waals surface area contributed by atoms with Crippen molar-refractivity contribution in [1.82, 2.24) is 15.2 Å². The zero-order chi connectivity index (χ0) is 15.9. The van der Waals surface area contributed by atoms with Gasteiger partial charge in [0.1, 0.15) is 0 Å². The van der Waals surface area contributed by atoms with E-state index in [4.69, 9.17) is 0 Å². The second kappa shape index (κ2) is 7.69. The molecule has 22 heavy (non-hydrogen) atoms. The molecule has 0 radical (unpaired) electrons. The number of hydrogen-bond donors (Lipinski definition) is 2. The number of amides is 2. The van der Waals surface area contributed by atoms with Gasteiger partial charge in [-0.15, -0.1) is 0 Å².